The predicted octanol–water partition coefficient (Wildman–Crippen LogP) is 3.52. The zero-order valence-corrected chi connectivity index (χ0v) is 17.9. The third kappa shape index (κ3) is 3.70. The number of rotatable bonds is 7. The SMILES string of the molecule is CCOc1nnccc1-c1cc(NCc2ccn(C)n2)c2c(n1)c(C)nn2C(C)C. The van der Waals surface area contributed by atoms with Gasteiger partial charge in [0.15, 0.2) is 0 Å². The van der Waals surface area contributed by atoms with Crippen LogP contribution in [0.25, 0.3) is 22.3 Å². The molecule has 0 saturated carbocycles. The first-order valence-electron chi connectivity index (χ1n) is 10.0. The fourth-order valence-electron chi connectivity index (χ4n) is 3.43. The quantitative estimate of drug-likeness (QED) is 0.502. The summed E-state index contributed by atoms with van der Waals surface area (Å²) in [5, 5.41) is 20.8. The fourth-order valence-corrected chi connectivity index (χ4v) is 3.43. The average Bonchev–Trinajstić information content (AvgIpc) is 3.30. The van der Waals surface area contributed by atoms with E-state index in [1.54, 1.807) is 10.9 Å². The second-order valence-corrected chi connectivity index (χ2v) is 7.39. The lowest BCUT2D eigenvalue weighted by atomic mass is 10.1. The van der Waals surface area contributed by atoms with Crippen LogP contribution in [-0.4, -0.2) is 41.3 Å². The van der Waals surface area contributed by atoms with Crippen molar-refractivity contribution in [3.05, 3.63) is 42.0 Å². The van der Waals surface area contributed by atoms with E-state index in [0.29, 0.717) is 19.0 Å². The summed E-state index contributed by atoms with van der Waals surface area (Å²) in [4.78, 5) is 4.92. The first kappa shape index (κ1) is 19.8. The molecule has 30 heavy (non-hydrogen) atoms. The molecule has 0 aromatic carbocycles. The first-order valence-corrected chi connectivity index (χ1v) is 10.0. The number of anilines is 1. The van der Waals surface area contributed by atoms with E-state index in [1.807, 2.05) is 50.0 Å². The summed E-state index contributed by atoms with van der Waals surface area (Å²) in [6.45, 7) is 9.22. The number of fused-ring (bicyclic) bond motifs is 1. The molecule has 156 valence electrons. The topological polar surface area (TPSA) is 95.6 Å². The largest absolute Gasteiger partial charge is 0.476 e. The van der Waals surface area contributed by atoms with E-state index in [2.05, 4.69) is 34.5 Å². The molecule has 4 heterocycles. The van der Waals surface area contributed by atoms with Gasteiger partial charge in [-0.15, -0.1) is 5.10 Å². The molecule has 9 heteroatoms. The molecule has 1 N–H and O–H groups in total. The van der Waals surface area contributed by atoms with Crippen LogP contribution in [0.5, 0.6) is 5.88 Å². The van der Waals surface area contributed by atoms with Gasteiger partial charge in [0.2, 0.25) is 5.88 Å². The molecule has 0 atom stereocenters. The highest BCUT2D eigenvalue weighted by Crippen LogP contribution is 2.34. The van der Waals surface area contributed by atoms with Gasteiger partial charge in [-0.1, -0.05) is 0 Å². The van der Waals surface area contributed by atoms with Crippen LogP contribution in [0.1, 0.15) is 38.2 Å². The number of nitrogens with zero attached hydrogens (tertiary/aromatic N) is 7. The van der Waals surface area contributed by atoms with Crippen LogP contribution in [0, 0.1) is 6.92 Å². The molecule has 0 unspecified atom stereocenters. The second kappa shape index (κ2) is 8.10. The molecule has 0 amide bonds. The Balaban J connectivity index is 1.86. The van der Waals surface area contributed by atoms with Gasteiger partial charge < -0.3 is 10.1 Å². The highest BCUT2D eigenvalue weighted by Gasteiger charge is 2.19. The molecule has 0 aliphatic rings. The molecular weight excluding hydrogens is 380 g/mol. The van der Waals surface area contributed by atoms with Gasteiger partial charge in [-0.2, -0.15) is 15.3 Å². The Labute approximate surface area is 175 Å². The van der Waals surface area contributed by atoms with Crippen molar-refractivity contribution in [1.29, 1.82) is 0 Å². The molecule has 0 spiro atoms. The zero-order chi connectivity index (χ0) is 21.3. The summed E-state index contributed by atoms with van der Waals surface area (Å²) in [6.07, 6.45) is 3.58. The summed E-state index contributed by atoms with van der Waals surface area (Å²) in [7, 11) is 1.91. The van der Waals surface area contributed by atoms with Gasteiger partial charge in [-0.3, -0.25) is 9.36 Å². The zero-order valence-electron chi connectivity index (χ0n) is 17.9. The van der Waals surface area contributed by atoms with E-state index in [-0.39, 0.29) is 6.04 Å². The number of hydrogen-bond donors (Lipinski definition) is 1. The molecular formula is C21H26N8O. The van der Waals surface area contributed by atoms with E-state index in [9.17, 15) is 0 Å². The smallest absolute Gasteiger partial charge is 0.242 e. The minimum atomic E-state index is 0.200. The Hall–Kier alpha value is -3.49. The molecule has 4 rings (SSSR count). The third-order valence-electron chi connectivity index (χ3n) is 4.78. The molecule has 0 fully saturated rings. The lowest BCUT2D eigenvalue weighted by Crippen LogP contribution is -2.08. The molecule has 0 aliphatic heterocycles. The van der Waals surface area contributed by atoms with Crippen LogP contribution < -0.4 is 10.1 Å². The molecule has 4 aromatic rings. The summed E-state index contributed by atoms with van der Waals surface area (Å²) < 4.78 is 9.49. The van der Waals surface area contributed by atoms with Crippen molar-refractivity contribution in [3.8, 4) is 17.1 Å². The summed E-state index contributed by atoms with van der Waals surface area (Å²) >= 11 is 0. The van der Waals surface area contributed by atoms with Gasteiger partial charge in [0.25, 0.3) is 0 Å². The van der Waals surface area contributed by atoms with Crippen molar-refractivity contribution in [2.24, 2.45) is 7.05 Å². The minimum Gasteiger partial charge on any atom is -0.476 e. The monoisotopic (exact) mass is 406 g/mol. The Morgan fingerprint density at radius 2 is 2.03 bits per heavy atom. The molecule has 0 aliphatic carbocycles. The molecule has 0 bridgehead atoms. The van der Waals surface area contributed by atoms with Gasteiger partial charge in [0, 0.05) is 19.3 Å². The Morgan fingerprint density at radius 3 is 2.73 bits per heavy atom. The van der Waals surface area contributed by atoms with Crippen molar-refractivity contribution < 1.29 is 4.74 Å². The highest BCUT2D eigenvalue weighted by atomic mass is 16.5. The fraction of sp³-hybridized carbons (Fsp3) is 0.381. The van der Waals surface area contributed by atoms with Gasteiger partial charge in [0.1, 0.15) is 11.0 Å². The number of pyridine rings is 1. The molecule has 4 aromatic heterocycles. The maximum atomic E-state index is 5.68. The minimum absolute atomic E-state index is 0.200. The van der Waals surface area contributed by atoms with Gasteiger partial charge in [-0.25, -0.2) is 4.98 Å². The van der Waals surface area contributed by atoms with Crippen LogP contribution in [0.2, 0.25) is 0 Å². The van der Waals surface area contributed by atoms with E-state index in [1.165, 1.54) is 0 Å². The highest BCUT2D eigenvalue weighted by molar-refractivity contribution is 5.93. The van der Waals surface area contributed by atoms with E-state index in [0.717, 1.165) is 39.4 Å². The first-order chi connectivity index (χ1) is 14.5. The number of hydrogen-bond acceptors (Lipinski definition) is 7. The standard InChI is InChI=1S/C21H26N8O/c1-6-30-21-16(7-9-23-25-21)17-11-18(22-12-15-8-10-28(5)27-15)20-19(24-17)14(4)26-29(20)13(2)3/h7-11,13H,6,12H2,1-5H3,(H,22,24). The van der Waals surface area contributed by atoms with Crippen molar-refractivity contribution in [2.75, 3.05) is 11.9 Å². The van der Waals surface area contributed by atoms with Crippen LogP contribution in [0.4, 0.5) is 5.69 Å². The summed E-state index contributed by atoms with van der Waals surface area (Å²) in [6, 6.07) is 6.09. The van der Waals surface area contributed by atoms with Crippen LogP contribution in [0.15, 0.2) is 30.6 Å². The van der Waals surface area contributed by atoms with Crippen LogP contribution >= 0.6 is 0 Å². The second-order valence-electron chi connectivity index (χ2n) is 7.39. The van der Waals surface area contributed by atoms with E-state index in [4.69, 9.17) is 14.8 Å². The molecule has 9 nitrogen and oxygen atoms in total. The maximum absolute atomic E-state index is 5.68. The molecule has 0 radical (unpaired) electrons. The predicted molar refractivity (Wildman–Crippen MR) is 115 cm³/mol. The van der Waals surface area contributed by atoms with Gasteiger partial charge >= 0.3 is 0 Å². The average molecular weight is 406 g/mol. The Bertz CT molecular complexity index is 1180. The van der Waals surface area contributed by atoms with Crippen molar-refractivity contribution in [1.82, 2.24) is 34.7 Å². The summed E-state index contributed by atoms with van der Waals surface area (Å²) in [5.74, 6) is 0.469. The number of ether oxygens (including phenoxy) is 1. The van der Waals surface area contributed by atoms with E-state index >= 15 is 0 Å². The number of aryl methyl sites for hydroxylation is 2. The van der Waals surface area contributed by atoms with Crippen molar-refractivity contribution in [3.63, 3.8) is 0 Å². The maximum Gasteiger partial charge on any atom is 0.242 e. The van der Waals surface area contributed by atoms with Crippen molar-refractivity contribution >= 4 is 16.7 Å². The normalized spacial score (nSPS) is 11.4. The van der Waals surface area contributed by atoms with E-state index < -0.39 is 0 Å². The van der Waals surface area contributed by atoms with Gasteiger partial charge in [-0.05, 0) is 45.9 Å². The van der Waals surface area contributed by atoms with Gasteiger partial charge in [0.05, 0.1) is 47.7 Å². The Morgan fingerprint density at radius 1 is 1.20 bits per heavy atom. The third-order valence-corrected chi connectivity index (χ3v) is 4.78. The van der Waals surface area contributed by atoms with Crippen LogP contribution in [-0.2, 0) is 13.6 Å². The summed E-state index contributed by atoms with van der Waals surface area (Å²) in [5.41, 5.74) is 6.15. The number of nitrogens with one attached hydrogen (secondary N) is 1. The van der Waals surface area contributed by atoms with Crippen LogP contribution in [0.3, 0.4) is 0 Å². The number of aromatic nitrogens is 7. The lowest BCUT2D eigenvalue weighted by Gasteiger charge is -2.14. The van der Waals surface area contributed by atoms with Crippen molar-refractivity contribution in [2.45, 2.75) is 40.3 Å². The Kier molecular flexibility index (Phi) is 5.35. The lowest BCUT2D eigenvalue weighted by molar-refractivity contribution is 0.324. The molecule has 0 saturated heterocycles.